The monoisotopic (exact) mass is 447 g/mol. The number of nitrogens with zero attached hydrogens (tertiary/aromatic N) is 1. The number of halogens is 2. The highest BCUT2D eigenvalue weighted by Crippen LogP contribution is 2.22. The van der Waals surface area contributed by atoms with Gasteiger partial charge in [0.2, 0.25) is 5.91 Å². The van der Waals surface area contributed by atoms with Crippen LogP contribution < -0.4 is 10.7 Å². The lowest BCUT2D eigenvalue weighted by molar-refractivity contribution is -0.121. The van der Waals surface area contributed by atoms with Crippen LogP contribution in [0.4, 0.5) is 5.69 Å². The number of amides is 2. The maximum atomic E-state index is 12.4. The Morgan fingerprint density at radius 3 is 2.33 bits per heavy atom. The smallest absolute Gasteiger partial charge is 0.257 e. The molecule has 5 nitrogen and oxygen atoms in total. The van der Waals surface area contributed by atoms with Gasteiger partial charge in [-0.2, -0.15) is 5.10 Å². The van der Waals surface area contributed by atoms with E-state index in [2.05, 4.69) is 22.8 Å². The molecule has 0 bridgehead atoms. The van der Waals surface area contributed by atoms with Gasteiger partial charge in [0, 0.05) is 17.1 Å². The van der Waals surface area contributed by atoms with Crippen molar-refractivity contribution in [3.63, 3.8) is 0 Å². The minimum absolute atomic E-state index is 0.0745. The molecular formula is C23H27Cl2N3O2. The van der Waals surface area contributed by atoms with Crippen LogP contribution in [0.1, 0.15) is 68.3 Å². The number of anilines is 1. The Hall–Kier alpha value is -2.37. The van der Waals surface area contributed by atoms with Crippen molar-refractivity contribution in [2.24, 2.45) is 5.10 Å². The Balaban J connectivity index is 1.87. The van der Waals surface area contributed by atoms with Gasteiger partial charge in [0.1, 0.15) is 0 Å². The van der Waals surface area contributed by atoms with E-state index < -0.39 is 0 Å². The summed E-state index contributed by atoms with van der Waals surface area (Å²) >= 11 is 11.9. The summed E-state index contributed by atoms with van der Waals surface area (Å²) in [5, 5.41) is 7.73. The number of carbonyl (C=O) groups is 2. The SMILES string of the molecule is CCCCCCCC(=O)N/N=C(\C)c1ccc(NC(=O)c2ccc(Cl)cc2Cl)cc1. The number of nitrogens with one attached hydrogen (secondary N) is 2. The van der Waals surface area contributed by atoms with E-state index in [1.807, 2.05) is 19.1 Å². The largest absolute Gasteiger partial charge is 0.322 e. The zero-order valence-electron chi connectivity index (χ0n) is 17.3. The van der Waals surface area contributed by atoms with Gasteiger partial charge in [0.15, 0.2) is 0 Å². The summed E-state index contributed by atoms with van der Waals surface area (Å²) in [5.41, 5.74) is 5.11. The lowest BCUT2D eigenvalue weighted by Crippen LogP contribution is -2.18. The summed E-state index contributed by atoms with van der Waals surface area (Å²) in [7, 11) is 0. The van der Waals surface area contributed by atoms with E-state index in [9.17, 15) is 9.59 Å². The number of hydrazone groups is 1. The molecule has 2 rings (SSSR count). The molecule has 0 aliphatic heterocycles. The first-order chi connectivity index (χ1) is 14.4. The van der Waals surface area contributed by atoms with E-state index in [1.54, 1.807) is 24.3 Å². The van der Waals surface area contributed by atoms with Gasteiger partial charge in [0.05, 0.1) is 16.3 Å². The quantitative estimate of drug-likeness (QED) is 0.249. The van der Waals surface area contributed by atoms with Crippen molar-refractivity contribution in [3.05, 3.63) is 63.6 Å². The van der Waals surface area contributed by atoms with Gasteiger partial charge < -0.3 is 5.32 Å². The predicted molar refractivity (Wildman–Crippen MR) is 125 cm³/mol. The Morgan fingerprint density at radius 2 is 1.67 bits per heavy atom. The molecule has 7 heteroatoms. The van der Waals surface area contributed by atoms with Crippen LogP contribution >= 0.6 is 23.2 Å². The topological polar surface area (TPSA) is 70.6 Å². The number of unbranched alkanes of at least 4 members (excludes halogenated alkanes) is 4. The number of hydrogen-bond donors (Lipinski definition) is 2. The fraction of sp³-hybridized carbons (Fsp3) is 0.348. The Labute approximate surface area is 187 Å². The molecule has 0 aliphatic rings. The van der Waals surface area contributed by atoms with Gasteiger partial charge in [-0.05, 0) is 49.2 Å². The molecule has 0 unspecified atom stereocenters. The minimum atomic E-state index is -0.319. The summed E-state index contributed by atoms with van der Waals surface area (Å²) < 4.78 is 0. The van der Waals surface area contributed by atoms with Crippen LogP contribution in [0.25, 0.3) is 0 Å². The van der Waals surface area contributed by atoms with Crippen molar-refractivity contribution in [2.75, 3.05) is 5.32 Å². The molecule has 160 valence electrons. The zero-order valence-corrected chi connectivity index (χ0v) is 18.8. The third kappa shape index (κ3) is 7.81. The average Bonchev–Trinajstić information content (AvgIpc) is 2.72. The molecule has 2 aromatic carbocycles. The summed E-state index contributed by atoms with van der Waals surface area (Å²) in [6, 6.07) is 11.9. The third-order valence-electron chi connectivity index (χ3n) is 4.59. The van der Waals surface area contributed by atoms with Crippen molar-refractivity contribution in [1.29, 1.82) is 0 Å². The molecule has 0 heterocycles. The van der Waals surface area contributed by atoms with E-state index in [4.69, 9.17) is 23.2 Å². The normalized spacial score (nSPS) is 11.3. The van der Waals surface area contributed by atoms with Crippen molar-refractivity contribution in [2.45, 2.75) is 52.4 Å². The number of hydrogen-bond acceptors (Lipinski definition) is 3. The fourth-order valence-electron chi connectivity index (χ4n) is 2.82. The van der Waals surface area contributed by atoms with Crippen molar-refractivity contribution < 1.29 is 9.59 Å². The molecule has 0 aliphatic carbocycles. The molecule has 2 amide bonds. The molecule has 0 saturated heterocycles. The fourth-order valence-corrected chi connectivity index (χ4v) is 3.32. The van der Waals surface area contributed by atoms with Gasteiger partial charge in [-0.25, -0.2) is 5.43 Å². The van der Waals surface area contributed by atoms with Crippen LogP contribution in [0.5, 0.6) is 0 Å². The first-order valence-electron chi connectivity index (χ1n) is 10.1. The average molecular weight is 448 g/mol. The molecular weight excluding hydrogens is 421 g/mol. The van der Waals surface area contributed by atoms with E-state index in [0.29, 0.717) is 33.4 Å². The third-order valence-corrected chi connectivity index (χ3v) is 5.14. The standard InChI is InChI=1S/C23H27Cl2N3O2/c1-3-4-5-6-7-8-22(29)28-27-16(2)17-9-12-19(13-10-17)26-23(30)20-14-11-18(24)15-21(20)25/h9-15H,3-8H2,1-2H3,(H,26,30)(H,28,29)/b27-16+. The Morgan fingerprint density at radius 1 is 0.967 bits per heavy atom. The summed E-state index contributed by atoms with van der Waals surface area (Å²) in [5.74, 6) is -0.393. The van der Waals surface area contributed by atoms with Crippen LogP contribution in [-0.4, -0.2) is 17.5 Å². The molecule has 0 atom stereocenters. The predicted octanol–water partition coefficient (Wildman–Crippen LogP) is 6.45. The molecule has 0 radical (unpaired) electrons. The van der Waals surface area contributed by atoms with Crippen LogP contribution in [0, 0.1) is 0 Å². The van der Waals surface area contributed by atoms with Crippen LogP contribution in [0.15, 0.2) is 47.6 Å². The second-order valence-electron chi connectivity index (χ2n) is 7.05. The van der Waals surface area contributed by atoms with Gasteiger partial charge in [0.25, 0.3) is 5.91 Å². The van der Waals surface area contributed by atoms with Crippen molar-refractivity contribution in [3.8, 4) is 0 Å². The highest BCUT2D eigenvalue weighted by atomic mass is 35.5. The van der Waals surface area contributed by atoms with Gasteiger partial charge in [-0.1, -0.05) is 67.9 Å². The molecule has 2 N–H and O–H groups in total. The lowest BCUT2D eigenvalue weighted by atomic mass is 10.1. The minimum Gasteiger partial charge on any atom is -0.322 e. The Bertz CT molecular complexity index is 896. The van der Waals surface area contributed by atoms with E-state index in [0.717, 1.165) is 18.4 Å². The highest BCUT2D eigenvalue weighted by molar-refractivity contribution is 6.37. The molecule has 0 saturated carbocycles. The maximum absolute atomic E-state index is 12.4. The molecule has 0 spiro atoms. The lowest BCUT2D eigenvalue weighted by Gasteiger charge is -2.08. The van der Waals surface area contributed by atoms with Crippen LogP contribution in [-0.2, 0) is 4.79 Å². The number of carbonyl (C=O) groups excluding carboxylic acids is 2. The van der Waals surface area contributed by atoms with Gasteiger partial charge >= 0.3 is 0 Å². The summed E-state index contributed by atoms with van der Waals surface area (Å²) in [4.78, 5) is 24.3. The van der Waals surface area contributed by atoms with Gasteiger partial charge in [-0.3, -0.25) is 9.59 Å². The molecule has 0 fully saturated rings. The molecule has 2 aromatic rings. The highest BCUT2D eigenvalue weighted by Gasteiger charge is 2.11. The number of benzene rings is 2. The van der Waals surface area contributed by atoms with Crippen molar-refractivity contribution >= 4 is 46.4 Å². The zero-order chi connectivity index (χ0) is 21.9. The summed E-state index contributed by atoms with van der Waals surface area (Å²) in [6.45, 7) is 3.99. The maximum Gasteiger partial charge on any atom is 0.257 e. The summed E-state index contributed by atoms with van der Waals surface area (Å²) in [6.07, 6.45) is 6.00. The van der Waals surface area contributed by atoms with Crippen molar-refractivity contribution in [1.82, 2.24) is 5.43 Å². The second kappa shape index (κ2) is 12.4. The number of rotatable bonds is 10. The van der Waals surface area contributed by atoms with Crippen LogP contribution in [0.2, 0.25) is 10.0 Å². The van der Waals surface area contributed by atoms with E-state index in [1.165, 1.54) is 25.3 Å². The molecule has 0 aromatic heterocycles. The van der Waals surface area contributed by atoms with Crippen LogP contribution in [0.3, 0.4) is 0 Å². The first kappa shape index (κ1) is 23.9. The second-order valence-corrected chi connectivity index (χ2v) is 7.90. The van der Waals surface area contributed by atoms with E-state index in [-0.39, 0.29) is 11.8 Å². The molecule has 30 heavy (non-hydrogen) atoms. The first-order valence-corrected chi connectivity index (χ1v) is 10.9. The Kier molecular flexibility index (Phi) is 9.84. The van der Waals surface area contributed by atoms with Gasteiger partial charge in [-0.15, -0.1) is 0 Å². The van der Waals surface area contributed by atoms with E-state index >= 15 is 0 Å².